The number of amides is 1. The van der Waals surface area contributed by atoms with E-state index in [1.54, 1.807) is 0 Å². The first kappa shape index (κ1) is 15.5. The van der Waals surface area contributed by atoms with Gasteiger partial charge in [-0.3, -0.25) is 4.79 Å². The summed E-state index contributed by atoms with van der Waals surface area (Å²) in [6, 6.07) is 0.402. The van der Waals surface area contributed by atoms with Gasteiger partial charge in [-0.25, -0.2) is 0 Å². The summed E-state index contributed by atoms with van der Waals surface area (Å²) in [6.45, 7) is 15.0. The van der Waals surface area contributed by atoms with Gasteiger partial charge < -0.3 is 10.2 Å². The van der Waals surface area contributed by atoms with E-state index in [-0.39, 0.29) is 11.5 Å². The molecule has 1 atom stereocenters. The quantitative estimate of drug-likeness (QED) is 0.818. The Kier molecular flexibility index (Phi) is 5.20. The van der Waals surface area contributed by atoms with Crippen LogP contribution in [-0.4, -0.2) is 36.0 Å². The highest BCUT2D eigenvalue weighted by atomic mass is 16.2. The molecule has 1 saturated heterocycles. The summed E-state index contributed by atoms with van der Waals surface area (Å²) >= 11 is 0. The van der Waals surface area contributed by atoms with Crippen LogP contribution in [0.25, 0.3) is 0 Å². The van der Waals surface area contributed by atoms with Crippen LogP contribution in [-0.2, 0) is 4.79 Å². The number of carbonyl (C=O) groups excluding carboxylic acids is 1. The van der Waals surface area contributed by atoms with Crippen LogP contribution in [0, 0.1) is 11.3 Å². The molecule has 0 aliphatic carbocycles. The van der Waals surface area contributed by atoms with Gasteiger partial charge in [-0.1, -0.05) is 41.5 Å². The zero-order valence-electron chi connectivity index (χ0n) is 12.9. The standard InChI is InChI=1S/C15H30N2O/c1-11(2)15(5,6)10-17-9-7-8-13(14(17)18)16-12(3)4/h11-13,16H,7-10H2,1-6H3. The van der Waals surface area contributed by atoms with Crippen molar-refractivity contribution in [1.82, 2.24) is 10.2 Å². The Morgan fingerprint density at radius 2 is 1.94 bits per heavy atom. The van der Waals surface area contributed by atoms with Crippen LogP contribution in [0.5, 0.6) is 0 Å². The number of nitrogens with one attached hydrogen (secondary N) is 1. The van der Waals surface area contributed by atoms with E-state index >= 15 is 0 Å². The summed E-state index contributed by atoms with van der Waals surface area (Å²) in [4.78, 5) is 14.5. The van der Waals surface area contributed by atoms with E-state index in [1.807, 2.05) is 0 Å². The van der Waals surface area contributed by atoms with Crippen molar-refractivity contribution in [3.63, 3.8) is 0 Å². The molecule has 0 radical (unpaired) electrons. The molecule has 106 valence electrons. The zero-order chi connectivity index (χ0) is 13.9. The minimum atomic E-state index is 0.0294. The minimum Gasteiger partial charge on any atom is -0.341 e. The van der Waals surface area contributed by atoms with E-state index in [0.29, 0.717) is 17.9 Å². The van der Waals surface area contributed by atoms with Crippen molar-refractivity contribution in [3.05, 3.63) is 0 Å². The van der Waals surface area contributed by atoms with Crippen LogP contribution in [0.1, 0.15) is 54.4 Å². The summed E-state index contributed by atoms with van der Waals surface area (Å²) in [6.07, 6.45) is 2.10. The van der Waals surface area contributed by atoms with Gasteiger partial charge in [0.15, 0.2) is 0 Å². The van der Waals surface area contributed by atoms with E-state index < -0.39 is 0 Å². The molecule has 0 saturated carbocycles. The maximum atomic E-state index is 12.4. The van der Waals surface area contributed by atoms with Gasteiger partial charge in [0.05, 0.1) is 6.04 Å². The average molecular weight is 254 g/mol. The van der Waals surface area contributed by atoms with Crippen LogP contribution in [0.4, 0.5) is 0 Å². The number of rotatable bonds is 5. The number of hydrogen-bond acceptors (Lipinski definition) is 2. The van der Waals surface area contributed by atoms with Gasteiger partial charge in [-0.2, -0.15) is 0 Å². The van der Waals surface area contributed by atoms with Gasteiger partial charge in [0.1, 0.15) is 0 Å². The highest BCUT2D eigenvalue weighted by Gasteiger charge is 2.33. The molecule has 1 rings (SSSR count). The molecule has 0 spiro atoms. The lowest BCUT2D eigenvalue weighted by Crippen LogP contribution is -2.54. The number of piperidine rings is 1. The highest BCUT2D eigenvalue weighted by molar-refractivity contribution is 5.82. The van der Waals surface area contributed by atoms with Gasteiger partial charge >= 0.3 is 0 Å². The largest absolute Gasteiger partial charge is 0.341 e. The first-order valence-corrected chi connectivity index (χ1v) is 7.29. The Hall–Kier alpha value is -0.570. The Morgan fingerprint density at radius 3 is 2.44 bits per heavy atom. The van der Waals surface area contributed by atoms with Crippen LogP contribution in [0.2, 0.25) is 0 Å². The van der Waals surface area contributed by atoms with E-state index in [1.165, 1.54) is 0 Å². The molecule has 1 fully saturated rings. The van der Waals surface area contributed by atoms with Gasteiger partial charge in [0.25, 0.3) is 0 Å². The van der Waals surface area contributed by atoms with E-state index in [9.17, 15) is 4.79 Å². The van der Waals surface area contributed by atoms with Crippen molar-refractivity contribution in [1.29, 1.82) is 0 Å². The number of nitrogens with zero attached hydrogens (tertiary/aromatic N) is 1. The molecule has 0 aromatic carbocycles. The molecule has 0 aromatic heterocycles. The average Bonchev–Trinajstić information content (AvgIpc) is 2.23. The zero-order valence-corrected chi connectivity index (χ0v) is 12.9. The topological polar surface area (TPSA) is 32.3 Å². The molecule has 3 heteroatoms. The van der Waals surface area contributed by atoms with Crippen molar-refractivity contribution >= 4 is 5.91 Å². The van der Waals surface area contributed by atoms with Crippen molar-refractivity contribution in [2.75, 3.05) is 13.1 Å². The second-order valence-corrected chi connectivity index (χ2v) is 6.92. The molecule has 1 N–H and O–H groups in total. The second kappa shape index (κ2) is 6.05. The lowest BCUT2D eigenvalue weighted by atomic mass is 9.80. The summed E-state index contributed by atoms with van der Waals surface area (Å²) < 4.78 is 0. The van der Waals surface area contributed by atoms with Gasteiger partial charge in [0.2, 0.25) is 5.91 Å². The molecule has 3 nitrogen and oxygen atoms in total. The molecule has 1 aliphatic heterocycles. The second-order valence-electron chi connectivity index (χ2n) is 6.92. The fourth-order valence-corrected chi connectivity index (χ4v) is 2.33. The van der Waals surface area contributed by atoms with E-state index in [4.69, 9.17) is 0 Å². The van der Waals surface area contributed by atoms with Crippen molar-refractivity contribution in [3.8, 4) is 0 Å². The highest BCUT2D eigenvalue weighted by Crippen LogP contribution is 2.28. The molecule has 0 aromatic rings. The predicted octanol–water partition coefficient (Wildman–Crippen LogP) is 2.66. The third kappa shape index (κ3) is 3.98. The van der Waals surface area contributed by atoms with Crippen molar-refractivity contribution in [2.45, 2.75) is 66.5 Å². The molecule has 0 bridgehead atoms. The van der Waals surface area contributed by atoms with Gasteiger partial charge in [0, 0.05) is 19.1 Å². The summed E-state index contributed by atoms with van der Waals surface area (Å²) in [5, 5.41) is 3.39. The minimum absolute atomic E-state index is 0.0294. The lowest BCUT2D eigenvalue weighted by Gasteiger charge is -2.40. The fourth-order valence-electron chi connectivity index (χ4n) is 2.33. The first-order valence-electron chi connectivity index (χ1n) is 7.29. The maximum absolute atomic E-state index is 12.4. The number of carbonyl (C=O) groups is 1. The van der Waals surface area contributed by atoms with E-state index in [0.717, 1.165) is 25.9 Å². The van der Waals surface area contributed by atoms with E-state index in [2.05, 4.69) is 51.8 Å². The third-order valence-corrected chi connectivity index (χ3v) is 4.23. The van der Waals surface area contributed by atoms with Crippen molar-refractivity contribution < 1.29 is 4.79 Å². The third-order valence-electron chi connectivity index (χ3n) is 4.23. The summed E-state index contributed by atoms with van der Waals surface area (Å²) in [5.74, 6) is 0.882. The SMILES string of the molecule is CC(C)NC1CCCN(CC(C)(C)C(C)C)C1=O. The van der Waals surface area contributed by atoms with Gasteiger partial charge in [-0.15, -0.1) is 0 Å². The number of likely N-dealkylation sites (tertiary alicyclic amines) is 1. The normalized spacial score (nSPS) is 22.1. The van der Waals surface area contributed by atoms with Crippen LogP contribution < -0.4 is 5.32 Å². The Balaban J connectivity index is 2.64. The summed E-state index contributed by atoms with van der Waals surface area (Å²) in [7, 11) is 0. The number of hydrogen-bond donors (Lipinski definition) is 1. The first-order chi connectivity index (χ1) is 8.24. The molecule has 1 heterocycles. The van der Waals surface area contributed by atoms with Crippen LogP contribution in [0.3, 0.4) is 0 Å². The molecular formula is C15H30N2O. The monoisotopic (exact) mass is 254 g/mol. The van der Waals surface area contributed by atoms with Gasteiger partial charge in [-0.05, 0) is 24.2 Å². The smallest absolute Gasteiger partial charge is 0.239 e. The molecular weight excluding hydrogens is 224 g/mol. The predicted molar refractivity (Wildman–Crippen MR) is 76.5 cm³/mol. The summed E-state index contributed by atoms with van der Waals surface area (Å²) in [5.41, 5.74) is 0.190. The Labute approximate surface area is 112 Å². The van der Waals surface area contributed by atoms with Crippen LogP contribution in [0.15, 0.2) is 0 Å². The molecule has 1 aliphatic rings. The molecule has 1 unspecified atom stereocenters. The maximum Gasteiger partial charge on any atom is 0.239 e. The Bertz CT molecular complexity index is 284. The van der Waals surface area contributed by atoms with Crippen molar-refractivity contribution in [2.24, 2.45) is 11.3 Å². The van der Waals surface area contributed by atoms with Crippen LogP contribution >= 0.6 is 0 Å². The fraction of sp³-hybridized carbons (Fsp3) is 0.933. The Morgan fingerprint density at radius 1 is 1.33 bits per heavy atom. The lowest BCUT2D eigenvalue weighted by molar-refractivity contribution is -0.138. The molecule has 18 heavy (non-hydrogen) atoms. The molecule has 1 amide bonds.